The highest BCUT2D eigenvalue weighted by molar-refractivity contribution is 5.84. The number of halogens is 4. The van der Waals surface area contributed by atoms with Gasteiger partial charge < -0.3 is 14.7 Å². The molecule has 2 unspecified atom stereocenters. The van der Waals surface area contributed by atoms with Gasteiger partial charge in [0.05, 0.1) is 12.2 Å². The molecule has 5 nitrogen and oxygen atoms in total. The van der Waals surface area contributed by atoms with E-state index >= 15 is 0 Å². The minimum absolute atomic E-state index is 0.0373. The second kappa shape index (κ2) is 6.99. The predicted octanol–water partition coefficient (Wildman–Crippen LogP) is 2.67. The van der Waals surface area contributed by atoms with Crippen molar-refractivity contribution in [3.8, 4) is 0 Å². The fraction of sp³-hybridized carbons (Fsp3) is 0.500. The highest BCUT2D eigenvalue weighted by Gasteiger charge is 2.47. The molecule has 1 heterocycles. The average molecular weight is 363 g/mol. The van der Waals surface area contributed by atoms with Crippen LogP contribution < -0.4 is 0 Å². The average Bonchev–Trinajstić information content (AvgIpc) is 2.99. The van der Waals surface area contributed by atoms with Crippen LogP contribution in [0.1, 0.15) is 23.7 Å². The summed E-state index contributed by atoms with van der Waals surface area (Å²) in [4.78, 5) is 24.7. The molecule has 0 saturated carbocycles. The molecule has 1 aliphatic heterocycles. The van der Waals surface area contributed by atoms with Crippen LogP contribution in [0.4, 0.5) is 17.6 Å². The molecule has 0 spiro atoms. The van der Waals surface area contributed by atoms with Crippen LogP contribution in [0.3, 0.4) is 0 Å². The molecule has 1 N–H and O–H groups in total. The van der Waals surface area contributed by atoms with Gasteiger partial charge >= 0.3 is 12.1 Å². The molecule has 1 fully saturated rings. The normalized spacial score (nSPS) is 22.0. The van der Waals surface area contributed by atoms with Crippen LogP contribution in [-0.4, -0.2) is 48.7 Å². The number of hydrogen-bond acceptors (Lipinski definition) is 3. The quantitative estimate of drug-likeness (QED) is 0.817. The Hall–Kier alpha value is -2.16. The summed E-state index contributed by atoms with van der Waals surface area (Å²) in [6, 6.07) is 3.21. The molecule has 1 aromatic rings. The maximum Gasteiger partial charge on any atom is 0.416 e. The van der Waals surface area contributed by atoms with Gasteiger partial charge in [-0.25, -0.2) is 4.39 Å². The molecule has 9 heteroatoms. The molecule has 0 bridgehead atoms. The van der Waals surface area contributed by atoms with Crippen LogP contribution in [0, 0.1) is 5.41 Å². The topological polar surface area (TPSA) is 66.8 Å². The molecule has 25 heavy (non-hydrogen) atoms. The summed E-state index contributed by atoms with van der Waals surface area (Å²) in [7, 11) is 1.33. The largest absolute Gasteiger partial charge is 0.481 e. The molecule has 0 aromatic heterocycles. The van der Waals surface area contributed by atoms with Crippen LogP contribution >= 0.6 is 0 Å². The number of likely N-dealkylation sites (tertiary alicyclic amines) is 1. The van der Waals surface area contributed by atoms with Crippen molar-refractivity contribution in [2.75, 3.05) is 26.8 Å². The van der Waals surface area contributed by atoms with Gasteiger partial charge in [0.1, 0.15) is 5.41 Å². The van der Waals surface area contributed by atoms with Crippen molar-refractivity contribution < 1.29 is 37.0 Å². The molecule has 2 atom stereocenters. The molecular weight excluding hydrogens is 346 g/mol. The number of benzene rings is 1. The smallest absolute Gasteiger partial charge is 0.416 e. The van der Waals surface area contributed by atoms with E-state index in [-0.39, 0.29) is 31.7 Å². The SMILES string of the molecule is COCC1(C(=O)O)CCN(C(=O)C(F)c2ccc(C(F)(F)F)cc2)C1. The van der Waals surface area contributed by atoms with Gasteiger partial charge in [-0.2, -0.15) is 13.2 Å². The Morgan fingerprint density at radius 3 is 2.40 bits per heavy atom. The Labute approximate surface area is 141 Å². The number of methoxy groups -OCH3 is 1. The third kappa shape index (κ3) is 3.92. The van der Waals surface area contributed by atoms with E-state index in [2.05, 4.69) is 0 Å². The highest BCUT2D eigenvalue weighted by Crippen LogP contribution is 2.34. The van der Waals surface area contributed by atoms with E-state index in [1.807, 2.05) is 0 Å². The Morgan fingerprint density at radius 2 is 1.92 bits per heavy atom. The van der Waals surface area contributed by atoms with Crippen LogP contribution in [0.2, 0.25) is 0 Å². The molecule has 1 saturated heterocycles. The number of nitrogens with zero attached hydrogens (tertiary/aromatic N) is 1. The minimum atomic E-state index is -4.55. The Balaban J connectivity index is 2.11. The predicted molar refractivity (Wildman–Crippen MR) is 78.4 cm³/mol. The minimum Gasteiger partial charge on any atom is -0.481 e. The van der Waals surface area contributed by atoms with E-state index in [1.165, 1.54) is 7.11 Å². The first kappa shape index (κ1) is 19.2. The van der Waals surface area contributed by atoms with Crippen molar-refractivity contribution >= 4 is 11.9 Å². The molecule has 2 rings (SSSR count). The third-order valence-electron chi connectivity index (χ3n) is 4.29. The number of alkyl halides is 4. The Morgan fingerprint density at radius 1 is 1.32 bits per heavy atom. The van der Waals surface area contributed by atoms with Gasteiger partial charge in [-0.05, 0) is 24.1 Å². The number of carbonyl (C=O) groups is 2. The molecule has 1 amide bonds. The number of hydrogen-bond donors (Lipinski definition) is 1. The van der Waals surface area contributed by atoms with Gasteiger partial charge in [0.25, 0.3) is 5.91 Å². The lowest BCUT2D eigenvalue weighted by Crippen LogP contribution is -2.41. The number of carboxylic acid groups (broad SMARTS) is 1. The zero-order valence-electron chi connectivity index (χ0n) is 13.3. The molecule has 1 aliphatic rings. The van der Waals surface area contributed by atoms with Crippen molar-refractivity contribution in [3.63, 3.8) is 0 Å². The Kier molecular flexibility index (Phi) is 5.36. The van der Waals surface area contributed by atoms with E-state index in [9.17, 15) is 32.3 Å². The van der Waals surface area contributed by atoms with E-state index in [0.717, 1.165) is 17.0 Å². The second-order valence-corrected chi connectivity index (χ2v) is 6.01. The van der Waals surface area contributed by atoms with Crippen LogP contribution in [0.25, 0.3) is 0 Å². The summed E-state index contributed by atoms with van der Waals surface area (Å²) in [6.45, 7) is -0.297. The third-order valence-corrected chi connectivity index (χ3v) is 4.29. The summed E-state index contributed by atoms with van der Waals surface area (Å²) in [5.74, 6) is -2.12. The van der Waals surface area contributed by atoms with Gasteiger partial charge in [0.2, 0.25) is 6.17 Å². The summed E-state index contributed by atoms with van der Waals surface area (Å²) in [6.07, 6.45) is -6.60. The van der Waals surface area contributed by atoms with Crippen LogP contribution in [-0.2, 0) is 20.5 Å². The maximum absolute atomic E-state index is 14.4. The lowest BCUT2D eigenvalue weighted by atomic mass is 9.88. The molecule has 138 valence electrons. The van der Waals surface area contributed by atoms with E-state index in [1.54, 1.807) is 0 Å². The van der Waals surface area contributed by atoms with Crippen LogP contribution in [0.5, 0.6) is 0 Å². The van der Waals surface area contributed by atoms with Crippen molar-refractivity contribution in [3.05, 3.63) is 35.4 Å². The van der Waals surface area contributed by atoms with E-state index < -0.39 is 35.2 Å². The fourth-order valence-electron chi connectivity index (χ4n) is 2.83. The van der Waals surface area contributed by atoms with Crippen molar-refractivity contribution in [1.29, 1.82) is 0 Å². The molecule has 0 aliphatic carbocycles. The maximum atomic E-state index is 14.4. The highest BCUT2D eigenvalue weighted by atomic mass is 19.4. The van der Waals surface area contributed by atoms with Crippen molar-refractivity contribution in [1.82, 2.24) is 4.90 Å². The van der Waals surface area contributed by atoms with Gasteiger partial charge in [-0.15, -0.1) is 0 Å². The Bertz CT molecular complexity index is 647. The van der Waals surface area contributed by atoms with E-state index in [0.29, 0.717) is 12.1 Å². The van der Waals surface area contributed by atoms with Gasteiger partial charge in [0.15, 0.2) is 0 Å². The number of rotatable bonds is 5. The monoisotopic (exact) mass is 363 g/mol. The van der Waals surface area contributed by atoms with Gasteiger partial charge in [-0.1, -0.05) is 12.1 Å². The number of carbonyl (C=O) groups excluding carboxylic acids is 1. The van der Waals surface area contributed by atoms with Crippen molar-refractivity contribution in [2.24, 2.45) is 5.41 Å². The van der Waals surface area contributed by atoms with Gasteiger partial charge in [-0.3, -0.25) is 9.59 Å². The number of aliphatic carboxylic acids is 1. The first-order valence-electron chi connectivity index (χ1n) is 7.43. The number of amides is 1. The first-order valence-corrected chi connectivity index (χ1v) is 7.43. The van der Waals surface area contributed by atoms with Crippen molar-refractivity contribution in [2.45, 2.75) is 18.8 Å². The zero-order chi connectivity index (χ0) is 18.8. The fourth-order valence-corrected chi connectivity index (χ4v) is 2.83. The first-order chi connectivity index (χ1) is 11.6. The molecule has 0 radical (unpaired) electrons. The number of carboxylic acids is 1. The van der Waals surface area contributed by atoms with Crippen LogP contribution in [0.15, 0.2) is 24.3 Å². The van der Waals surface area contributed by atoms with E-state index in [4.69, 9.17) is 4.74 Å². The number of ether oxygens (including phenoxy) is 1. The summed E-state index contributed by atoms with van der Waals surface area (Å²) in [5.41, 5.74) is -2.45. The summed E-state index contributed by atoms with van der Waals surface area (Å²) >= 11 is 0. The second-order valence-electron chi connectivity index (χ2n) is 6.01. The lowest BCUT2D eigenvalue weighted by Gasteiger charge is -2.24. The molecule has 1 aromatic carbocycles. The summed E-state index contributed by atoms with van der Waals surface area (Å²) < 4.78 is 56.9. The standard InChI is InChI=1S/C16H17F4NO4/c1-25-9-15(14(23)24)6-7-21(8-15)13(22)12(17)10-2-4-11(5-3-10)16(18,19)20/h2-5,12H,6-9H2,1H3,(H,23,24). The van der Waals surface area contributed by atoms with Gasteiger partial charge in [0, 0.05) is 20.2 Å². The molecular formula is C16H17F4NO4. The lowest BCUT2D eigenvalue weighted by molar-refractivity contribution is -0.152. The summed E-state index contributed by atoms with van der Waals surface area (Å²) in [5, 5.41) is 9.34. The zero-order valence-corrected chi connectivity index (χ0v) is 13.3.